The summed E-state index contributed by atoms with van der Waals surface area (Å²) in [7, 11) is 4.41. The average molecular weight is 439 g/mol. The number of hydrogen-bond donors (Lipinski definition) is 0. The van der Waals surface area contributed by atoms with Crippen molar-refractivity contribution in [1.29, 1.82) is 0 Å². The van der Waals surface area contributed by atoms with Crippen LogP contribution in [0.25, 0.3) is 0 Å². The van der Waals surface area contributed by atoms with Gasteiger partial charge in [-0.25, -0.2) is 0 Å². The molecular formula is C27H58N4. The zero-order chi connectivity index (χ0) is 24.1. The second-order valence-electron chi connectivity index (χ2n) is 7.59. The minimum Gasteiger partial charge on any atom is -0.305 e. The van der Waals surface area contributed by atoms with Crippen molar-refractivity contribution in [3.63, 3.8) is 0 Å². The van der Waals surface area contributed by atoms with E-state index < -0.39 is 0 Å². The fourth-order valence-electron chi connectivity index (χ4n) is 4.09. The van der Waals surface area contributed by atoms with E-state index in [1.807, 2.05) is 55.4 Å². The van der Waals surface area contributed by atoms with Gasteiger partial charge >= 0.3 is 0 Å². The third kappa shape index (κ3) is 13.5. The average Bonchev–Trinajstić information content (AvgIpc) is 3.30. The first-order chi connectivity index (χ1) is 15.2. The minimum absolute atomic E-state index is 0.833. The Labute approximate surface area is 197 Å². The second-order valence-corrected chi connectivity index (χ2v) is 7.59. The Kier molecular flexibility index (Phi) is 23.6. The van der Waals surface area contributed by atoms with Crippen molar-refractivity contribution in [3.8, 4) is 0 Å². The molecule has 4 heterocycles. The molecule has 0 saturated carbocycles. The highest BCUT2D eigenvalue weighted by molar-refractivity contribution is 4.97. The van der Waals surface area contributed by atoms with E-state index in [4.69, 9.17) is 0 Å². The van der Waals surface area contributed by atoms with Gasteiger partial charge in [0.05, 0.1) is 0 Å². The third-order valence-corrected chi connectivity index (χ3v) is 5.62. The topological polar surface area (TPSA) is 13.0 Å². The second kappa shape index (κ2) is 22.5. The lowest BCUT2D eigenvalue weighted by Crippen LogP contribution is -2.58. The Hall–Kier alpha value is -0.680. The highest BCUT2D eigenvalue weighted by Gasteiger charge is 2.28. The standard InChI is InChI=1S/C10H18N2.C9H16N2.4C2H6/c1-11-8-5-10(9-11)12-6-3-2-4-7-12;1-10-7-9(8-10)11-5-3-2-4-6-11;4*1-2/h2-3,10H,4-9H2,1H3;2-3,9H,4-8H2,1H3;4*1-2H3. The van der Waals surface area contributed by atoms with Crippen molar-refractivity contribution >= 4 is 0 Å². The van der Waals surface area contributed by atoms with Crippen LogP contribution < -0.4 is 0 Å². The van der Waals surface area contributed by atoms with E-state index in [1.165, 1.54) is 71.6 Å². The van der Waals surface area contributed by atoms with Gasteiger partial charge in [-0.15, -0.1) is 0 Å². The summed E-state index contributed by atoms with van der Waals surface area (Å²) >= 11 is 0. The van der Waals surface area contributed by atoms with E-state index in [2.05, 4.69) is 58.0 Å². The summed E-state index contributed by atoms with van der Waals surface area (Å²) in [5, 5.41) is 0. The van der Waals surface area contributed by atoms with E-state index in [0.717, 1.165) is 12.1 Å². The maximum absolute atomic E-state index is 2.61. The van der Waals surface area contributed by atoms with Gasteiger partial charge in [0.25, 0.3) is 0 Å². The van der Waals surface area contributed by atoms with Gasteiger partial charge in [0, 0.05) is 57.9 Å². The summed E-state index contributed by atoms with van der Waals surface area (Å²) in [6.07, 6.45) is 13.1. The normalized spacial score (nSPS) is 23.7. The number of likely N-dealkylation sites (tertiary alicyclic amines) is 2. The molecule has 0 spiro atoms. The van der Waals surface area contributed by atoms with Gasteiger partial charge < -0.3 is 9.80 Å². The predicted octanol–water partition coefficient (Wildman–Crippen LogP) is 5.62. The summed E-state index contributed by atoms with van der Waals surface area (Å²) in [6, 6.07) is 1.69. The Morgan fingerprint density at radius 2 is 0.935 bits per heavy atom. The molecule has 4 rings (SSSR count). The fraction of sp³-hybridized carbons (Fsp3) is 0.852. The Morgan fingerprint density at radius 3 is 1.26 bits per heavy atom. The number of nitrogens with zero attached hydrogens (tertiary/aromatic N) is 4. The third-order valence-electron chi connectivity index (χ3n) is 5.62. The number of hydrogen-bond acceptors (Lipinski definition) is 4. The molecule has 2 fully saturated rings. The van der Waals surface area contributed by atoms with Crippen LogP contribution in [0.1, 0.15) is 74.7 Å². The molecule has 0 amide bonds. The van der Waals surface area contributed by atoms with E-state index in [0.29, 0.717) is 0 Å². The van der Waals surface area contributed by atoms with Gasteiger partial charge in [0.15, 0.2) is 0 Å². The van der Waals surface area contributed by atoms with E-state index in [-0.39, 0.29) is 0 Å². The fourth-order valence-corrected chi connectivity index (χ4v) is 4.09. The molecule has 1 unspecified atom stereocenters. The maximum Gasteiger partial charge on any atom is 0.0353 e. The molecule has 0 N–H and O–H groups in total. The molecule has 4 nitrogen and oxygen atoms in total. The lowest BCUT2D eigenvalue weighted by Gasteiger charge is -2.44. The Bertz CT molecular complexity index is 415. The van der Waals surface area contributed by atoms with Crippen molar-refractivity contribution in [1.82, 2.24) is 19.6 Å². The highest BCUT2D eigenvalue weighted by atomic mass is 15.3. The summed E-state index contributed by atoms with van der Waals surface area (Å²) in [5.41, 5.74) is 0. The molecule has 0 bridgehead atoms. The van der Waals surface area contributed by atoms with Crippen LogP contribution in [0.2, 0.25) is 0 Å². The minimum atomic E-state index is 0.833. The molecule has 0 radical (unpaired) electrons. The molecule has 31 heavy (non-hydrogen) atoms. The largest absolute Gasteiger partial charge is 0.305 e. The molecule has 186 valence electrons. The quantitative estimate of drug-likeness (QED) is 0.519. The van der Waals surface area contributed by atoms with Gasteiger partial charge in [-0.05, 0) is 39.9 Å². The molecule has 1 atom stereocenters. The predicted molar refractivity (Wildman–Crippen MR) is 143 cm³/mol. The monoisotopic (exact) mass is 438 g/mol. The molecule has 4 aliphatic rings. The van der Waals surface area contributed by atoms with Crippen LogP contribution in [0.4, 0.5) is 0 Å². The summed E-state index contributed by atoms with van der Waals surface area (Å²) in [6.45, 7) is 26.0. The van der Waals surface area contributed by atoms with Crippen molar-refractivity contribution < 1.29 is 0 Å². The van der Waals surface area contributed by atoms with E-state index in [9.17, 15) is 0 Å². The molecule has 4 heteroatoms. The van der Waals surface area contributed by atoms with Crippen LogP contribution in [-0.2, 0) is 0 Å². The van der Waals surface area contributed by atoms with Gasteiger partial charge in [-0.2, -0.15) is 0 Å². The lowest BCUT2D eigenvalue weighted by atomic mass is 10.1. The molecule has 2 saturated heterocycles. The Balaban J connectivity index is 0. The van der Waals surface area contributed by atoms with Crippen LogP contribution in [0.3, 0.4) is 0 Å². The van der Waals surface area contributed by atoms with Crippen LogP contribution in [-0.4, -0.2) is 98.1 Å². The van der Waals surface area contributed by atoms with E-state index >= 15 is 0 Å². The van der Waals surface area contributed by atoms with Crippen LogP contribution in [0.5, 0.6) is 0 Å². The first kappa shape index (κ1) is 32.5. The number of rotatable bonds is 2. The smallest absolute Gasteiger partial charge is 0.0353 e. The summed E-state index contributed by atoms with van der Waals surface area (Å²) in [4.78, 5) is 10.0. The Morgan fingerprint density at radius 1 is 0.516 bits per heavy atom. The number of likely N-dealkylation sites (N-methyl/N-ethyl adjacent to an activating group) is 2. The lowest BCUT2D eigenvalue weighted by molar-refractivity contribution is 0.0591. The zero-order valence-electron chi connectivity index (χ0n) is 23.0. The summed E-state index contributed by atoms with van der Waals surface area (Å²) in [5.74, 6) is 0. The van der Waals surface area contributed by atoms with Crippen molar-refractivity contribution in [2.45, 2.75) is 86.7 Å². The first-order valence-electron chi connectivity index (χ1n) is 13.4. The van der Waals surface area contributed by atoms with Crippen LogP contribution in [0, 0.1) is 0 Å². The van der Waals surface area contributed by atoms with Gasteiger partial charge in [0.2, 0.25) is 0 Å². The van der Waals surface area contributed by atoms with Crippen molar-refractivity contribution in [2.75, 3.05) is 66.5 Å². The van der Waals surface area contributed by atoms with Gasteiger partial charge in [-0.1, -0.05) is 79.7 Å². The summed E-state index contributed by atoms with van der Waals surface area (Å²) < 4.78 is 0. The SMILES string of the molecule is CC.CC.CC.CC.CN1CC(N2CC=CCC2)C1.CN1CCC(N2CC=CCC2)C1. The zero-order valence-corrected chi connectivity index (χ0v) is 23.0. The van der Waals surface area contributed by atoms with Crippen LogP contribution in [0.15, 0.2) is 24.3 Å². The molecule has 0 aromatic heterocycles. The highest BCUT2D eigenvalue weighted by Crippen LogP contribution is 2.16. The van der Waals surface area contributed by atoms with Crippen molar-refractivity contribution in [2.24, 2.45) is 0 Å². The molecule has 4 aliphatic heterocycles. The molecule has 0 aromatic rings. The van der Waals surface area contributed by atoms with Gasteiger partial charge in [0.1, 0.15) is 0 Å². The molecule has 0 aliphatic carbocycles. The first-order valence-corrected chi connectivity index (χ1v) is 13.4. The molecule has 0 aromatic carbocycles. The van der Waals surface area contributed by atoms with Crippen LogP contribution >= 0.6 is 0 Å². The van der Waals surface area contributed by atoms with E-state index in [1.54, 1.807) is 0 Å². The van der Waals surface area contributed by atoms with Crippen molar-refractivity contribution in [3.05, 3.63) is 24.3 Å². The maximum atomic E-state index is 2.61. The van der Waals surface area contributed by atoms with Gasteiger partial charge in [-0.3, -0.25) is 9.80 Å². The molecular weight excluding hydrogens is 380 g/mol.